The summed E-state index contributed by atoms with van der Waals surface area (Å²) in [7, 11) is 0. The molecule has 0 spiro atoms. The van der Waals surface area contributed by atoms with Crippen molar-refractivity contribution in [3.05, 3.63) is 24.2 Å². The summed E-state index contributed by atoms with van der Waals surface area (Å²) in [4.78, 5) is 0. The van der Waals surface area contributed by atoms with E-state index in [1.165, 1.54) is 6.42 Å². The minimum atomic E-state index is 0.573. The highest BCUT2D eigenvalue weighted by Crippen LogP contribution is 2.10. The first-order valence-electron chi connectivity index (χ1n) is 6.34. The van der Waals surface area contributed by atoms with Gasteiger partial charge in [-0.1, -0.05) is 0 Å². The Balaban J connectivity index is 1.39. The lowest BCUT2D eigenvalue weighted by Crippen LogP contribution is -2.24. The zero-order valence-corrected chi connectivity index (χ0v) is 10.2. The van der Waals surface area contributed by atoms with Gasteiger partial charge in [-0.25, -0.2) is 0 Å². The van der Waals surface area contributed by atoms with E-state index < -0.39 is 0 Å². The standard InChI is InChI=1S/C13H21NO3/c1-3-13(17-7-1)11-15-6-2-5-14-9-12-4-8-16-10-12/h1,3,7,12,14H,2,4-6,8-11H2. The normalized spacial score (nSPS) is 19.9. The molecule has 96 valence electrons. The van der Waals surface area contributed by atoms with Gasteiger partial charge >= 0.3 is 0 Å². The highest BCUT2D eigenvalue weighted by molar-refractivity contribution is 4.95. The Bertz CT molecular complexity index is 281. The van der Waals surface area contributed by atoms with E-state index in [0.29, 0.717) is 12.5 Å². The lowest BCUT2D eigenvalue weighted by atomic mass is 10.1. The largest absolute Gasteiger partial charge is 0.467 e. The number of nitrogens with one attached hydrogen (secondary N) is 1. The van der Waals surface area contributed by atoms with Crippen LogP contribution < -0.4 is 5.32 Å². The topological polar surface area (TPSA) is 43.6 Å². The van der Waals surface area contributed by atoms with Crippen molar-refractivity contribution in [3.63, 3.8) is 0 Å². The summed E-state index contributed by atoms with van der Waals surface area (Å²) >= 11 is 0. The maximum Gasteiger partial charge on any atom is 0.129 e. The molecule has 17 heavy (non-hydrogen) atoms. The van der Waals surface area contributed by atoms with Crippen molar-refractivity contribution in [3.8, 4) is 0 Å². The third kappa shape index (κ3) is 4.89. The number of hydrogen-bond acceptors (Lipinski definition) is 4. The van der Waals surface area contributed by atoms with Crippen LogP contribution in [0.4, 0.5) is 0 Å². The summed E-state index contributed by atoms with van der Waals surface area (Å²) in [6.45, 7) is 5.27. The molecule has 1 fully saturated rings. The molecule has 1 aromatic heterocycles. The van der Waals surface area contributed by atoms with Gasteiger partial charge in [-0.15, -0.1) is 0 Å². The molecule has 0 aromatic carbocycles. The maximum atomic E-state index is 5.49. The molecule has 1 aromatic rings. The SMILES string of the molecule is c1coc(COCCCNCC2CCOC2)c1. The van der Waals surface area contributed by atoms with Gasteiger partial charge < -0.3 is 19.2 Å². The first-order chi connectivity index (χ1) is 8.45. The molecule has 0 amide bonds. The van der Waals surface area contributed by atoms with E-state index in [1.54, 1.807) is 6.26 Å². The molecule has 1 N–H and O–H groups in total. The number of rotatable bonds is 8. The number of furan rings is 1. The Morgan fingerprint density at radius 2 is 2.47 bits per heavy atom. The van der Waals surface area contributed by atoms with Crippen LogP contribution in [0, 0.1) is 5.92 Å². The highest BCUT2D eigenvalue weighted by atomic mass is 16.5. The Hall–Kier alpha value is -0.840. The average Bonchev–Trinajstić information content (AvgIpc) is 3.00. The van der Waals surface area contributed by atoms with E-state index in [-0.39, 0.29) is 0 Å². The van der Waals surface area contributed by atoms with Crippen LogP contribution in [0.25, 0.3) is 0 Å². The fraction of sp³-hybridized carbons (Fsp3) is 0.692. The molecule has 4 nitrogen and oxygen atoms in total. The molecule has 0 saturated carbocycles. The summed E-state index contributed by atoms with van der Waals surface area (Å²) in [5.74, 6) is 1.60. The van der Waals surface area contributed by atoms with E-state index in [9.17, 15) is 0 Å². The second kappa shape index (κ2) is 7.48. The average molecular weight is 239 g/mol. The summed E-state index contributed by atoms with van der Waals surface area (Å²) in [6, 6.07) is 3.81. The minimum Gasteiger partial charge on any atom is -0.467 e. The van der Waals surface area contributed by atoms with Crippen LogP contribution in [-0.4, -0.2) is 32.9 Å². The summed E-state index contributed by atoms with van der Waals surface area (Å²) in [5, 5.41) is 3.44. The molecular weight excluding hydrogens is 218 g/mol. The van der Waals surface area contributed by atoms with E-state index in [1.807, 2.05) is 12.1 Å². The van der Waals surface area contributed by atoms with E-state index >= 15 is 0 Å². The Kier molecular flexibility index (Phi) is 5.55. The van der Waals surface area contributed by atoms with Gasteiger partial charge in [0, 0.05) is 19.8 Å². The molecule has 1 aliphatic rings. The molecule has 0 radical (unpaired) electrons. The van der Waals surface area contributed by atoms with Crippen molar-refractivity contribution in [1.82, 2.24) is 5.32 Å². The molecular formula is C13H21NO3. The molecule has 1 atom stereocenters. The van der Waals surface area contributed by atoms with Crippen LogP contribution >= 0.6 is 0 Å². The minimum absolute atomic E-state index is 0.573. The van der Waals surface area contributed by atoms with E-state index in [0.717, 1.165) is 45.1 Å². The third-order valence-electron chi connectivity index (χ3n) is 2.92. The van der Waals surface area contributed by atoms with Gasteiger partial charge in [-0.05, 0) is 37.4 Å². The van der Waals surface area contributed by atoms with Gasteiger partial charge in [-0.2, -0.15) is 0 Å². The Morgan fingerprint density at radius 1 is 1.47 bits per heavy atom. The monoisotopic (exact) mass is 239 g/mol. The van der Waals surface area contributed by atoms with Crippen LogP contribution in [0.2, 0.25) is 0 Å². The van der Waals surface area contributed by atoms with Crippen molar-refractivity contribution >= 4 is 0 Å². The second-order valence-electron chi connectivity index (χ2n) is 4.42. The van der Waals surface area contributed by atoms with Crippen molar-refractivity contribution in [2.24, 2.45) is 5.92 Å². The van der Waals surface area contributed by atoms with Crippen molar-refractivity contribution in [1.29, 1.82) is 0 Å². The van der Waals surface area contributed by atoms with Gasteiger partial charge in [-0.3, -0.25) is 0 Å². The smallest absolute Gasteiger partial charge is 0.129 e. The molecule has 0 aliphatic carbocycles. The second-order valence-corrected chi connectivity index (χ2v) is 4.42. The Labute approximate surface area is 102 Å². The third-order valence-corrected chi connectivity index (χ3v) is 2.92. The quantitative estimate of drug-likeness (QED) is 0.703. The van der Waals surface area contributed by atoms with Crippen molar-refractivity contribution < 1.29 is 13.9 Å². The first kappa shape index (κ1) is 12.6. The fourth-order valence-corrected chi connectivity index (χ4v) is 1.92. The van der Waals surface area contributed by atoms with E-state index in [4.69, 9.17) is 13.9 Å². The molecule has 1 saturated heterocycles. The van der Waals surface area contributed by atoms with Crippen LogP contribution in [0.15, 0.2) is 22.8 Å². The fourth-order valence-electron chi connectivity index (χ4n) is 1.92. The van der Waals surface area contributed by atoms with Gasteiger partial charge in [0.15, 0.2) is 0 Å². The number of hydrogen-bond donors (Lipinski definition) is 1. The van der Waals surface area contributed by atoms with Gasteiger partial charge in [0.2, 0.25) is 0 Å². The van der Waals surface area contributed by atoms with E-state index in [2.05, 4.69) is 5.32 Å². The van der Waals surface area contributed by atoms with Crippen LogP contribution in [0.3, 0.4) is 0 Å². The van der Waals surface area contributed by atoms with Crippen LogP contribution in [0.5, 0.6) is 0 Å². The summed E-state index contributed by atoms with van der Waals surface area (Å²) in [5.41, 5.74) is 0. The van der Waals surface area contributed by atoms with Crippen molar-refractivity contribution in [2.75, 3.05) is 32.9 Å². The van der Waals surface area contributed by atoms with Crippen LogP contribution in [-0.2, 0) is 16.1 Å². The Morgan fingerprint density at radius 3 is 3.24 bits per heavy atom. The number of ether oxygens (including phenoxy) is 2. The zero-order valence-electron chi connectivity index (χ0n) is 10.2. The summed E-state index contributed by atoms with van der Waals surface area (Å²) < 4.78 is 16.0. The highest BCUT2D eigenvalue weighted by Gasteiger charge is 2.14. The van der Waals surface area contributed by atoms with Gasteiger partial charge in [0.05, 0.1) is 12.9 Å². The molecule has 1 aliphatic heterocycles. The predicted molar refractivity (Wildman–Crippen MR) is 64.8 cm³/mol. The first-order valence-corrected chi connectivity index (χ1v) is 6.34. The van der Waals surface area contributed by atoms with Gasteiger partial charge in [0.1, 0.15) is 12.4 Å². The predicted octanol–water partition coefficient (Wildman–Crippen LogP) is 1.81. The van der Waals surface area contributed by atoms with Crippen LogP contribution in [0.1, 0.15) is 18.6 Å². The summed E-state index contributed by atoms with van der Waals surface area (Å²) in [6.07, 6.45) is 3.90. The zero-order chi connectivity index (χ0) is 11.8. The molecule has 2 heterocycles. The van der Waals surface area contributed by atoms with Crippen molar-refractivity contribution in [2.45, 2.75) is 19.4 Å². The molecule has 0 bridgehead atoms. The van der Waals surface area contributed by atoms with Gasteiger partial charge in [0.25, 0.3) is 0 Å². The maximum absolute atomic E-state index is 5.49. The lowest BCUT2D eigenvalue weighted by Gasteiger charge is -2.09. The molecule has 1 unspecified atom stereocenters. The molecule has 4 heteroatoms. The molecule has 2 rings (SSSR count). The lowest BCUT2D eigenvalue weighted by molar-refractivity contribution is 0.104.